The average Bonchev–Trinajstić information content (AvgIpc) is 2.45. The molecular weight excluding hydrogens is 238 g/mol. The first-order valence-corrected chi connectivity index (χ1v) is 7.13. The molecule has 0 saturated heterocycles. The van der Waals surface area contributed by atoms with Gasteiger partial charge in [0.1, 0.15) is 11.5 Å². The van der Waals surface area contributed by atoms with E-state index in [0.29, 0.717) is 5.92 Å². The van der Waals surface area contributed by atoms with Gasteiger partial charge in [-0.3, -0.25) is 0 Å². The Morgan fingerprint density at radius 2 is 2.00 bits per heavy atom. The van der Waals surface area contributed by atoms with E-state index in [1.807, 2.05) is 18.2 Å². The monoisotopic (exact) mass is 263 g/mol. The van der Waals surface area contributed by atoms with Gasteiger partial charge in [0.2, 0.25) is 0 Å². The second kappa shape index (κ2) is 6.29. The van der Waals surface area contributed by atoms with Crippen molar-refractivity contribution in [1.82, 2.24) is 0 Å². The zero-order valence-corrected chi connectivity index (χ0v) is 12.2. The second-order valence-corrected chi connectivity index (χ2v) is 5.67. The van der Waals surface area contributed by atoms with Crippen molar-refractivity contribution in [1.29, 1.82) is 0 Å². The van der Waals surface area contributed by atoms with Crippen LogP contribution in [0.4, 0.5) is 0 Å². The number of ether oxygens (including phenoxy) is 2. The molecule has 0 bridgehead atoms. The third-order valence-corrected chi connectivity index (χ3v) is 4.28. The van der Waals surface area contributed by atoms with Gasteiger partial charge >= 0.3 is 0 Å². The lowest BCUT2D eigenvalue weighted by atomic mass is 9.77. The van der Waals surface area contributed by atoms with Crippen molar-refractivity contribution >= 4 is 0 Å². The van der Waals surface area contributed by atoms with Gasteiger partial charge in [0.15, 0.2) is 0 Å². The van der Waals surface area contributed by atoms with Crippen LogP contribution >= 0.6 is 0 Å². The van der Waals surface area contributed by atoms with Gasteiger partial charge in [0, 0.05) is 17.7 Å². The first-order valence-electron chi connectivity index (χ1n) is 7.13. The van der Waals surface area contributed by atoms with Crippen molar-refractivity contribution in [3.63, 3.8) is 0 Å². The summed E-state index contributed by atoms with van der Waals surface area (Å²) in [6.45, 7) is 2.32. The van der Waals surface area contributed by atoms with Gasteiger partial charge in [-0.25, -0.2) is 0 Å². The maximum atomic E-state index is 6.48. The molecule has 0 heterocycles. The number of hydrogen-bond donors (Lipinski definition) is 1. The molecule has 3 nitrogen and oxygen atoms in total. The molecule has 0 aromatic heterocycles. The highest BCUT2D eigenvalue weighted by Gasteiger charge is 2.27. The van der Waals surface area contributed by atoms with E-state index in [1.165, 1.54) is 25.7 Å². The van der Waals surface area contributed by atoms with Crippen molar-refractivity contribution in [3.8, 4) is 11.5 Å². The molecule has 1 aliphatic carbocycles. The van der Waals surface area contributed by atoms with Crippen LogP contribution in [-0.2, 0) is 0 Å². The van der Waals surface area contributed by atoms with Crippen molar-refractivity contribution < 1.29 is 9.47 Å². The summed E-state index contributed by atoms with van der Waals surface area (Å²) in [6, 6.07) is 5.98. The molecule has 1 aromatic rings. The molecule has 0 aliphatic heterocycles. The first-order chi connectivity index (χ1) is 9.15. The van der Waals surface area contributed by atoms with Crippen molar-refractivity contribution in [3.05, 3.63) is 23.8 Å². The van der Waals surface area contributed by atoms with Crippen molar-refractivity contribution in [2.45, 2.75) is 38.6 Å². The normalized spacial score (nSPS) is 24.8. The number of nitrogens with two attached hydrogens (primary N) is 1. The third-order valence-electron chi connectivity index (χ3n) is 4.28. The summed E-state index contributed by atoms with van der Waals surface area (Å²) in [5, 5.41) is 0. The SMILES string of the molecule is COc1ccc(C(N)C2CCCC(C)C2)c(OC)c1. The summed E-state index contributed by atoms with van der Waals surface area (Å²) in [6.07, 6.45) is 5.07. The minimum atomic E-state index is 0.0589. The van der Waals surface area contributed by atoms with Crippen molar-refractivity contribution in [2.24, 2.45) is 17.6 Å². The van der Waals surface area contributed by atoms with Gasteiger partial charge in [-0.05, 0) is 30.7 Å². The largest absolute Gasteiger partial charge is 0.497 e. The highest BCUT2D eigenvalue weighted by molar-refractivity contribution is 5.42. The summed E-state index contributed by atoms with van der Waals surface area (Å²) in [7, 11) is 3.35. The Hall–Kier alpha value is -1.22. The zero-order valence-electron chi connectivity index (χ0n) is 12.2. The summed E-state index contributed by atoms with van der Waals surface area (Å²) in [5.41, 5.74) is 7.58. The lowest BCUT2D eigenvalue weighted by molar-refractivity contribution is 0.244. The highest BCUT2D eigenvalue weighted by Crippen LogP contribution is 2.39. The Balaban J connectivity index is 2.20. The fourth-order valence-corrected chi connectivity index (χ4v) is 3.15. The molecule has 2 rings (SSSR count). The predicted molar refractivity (Wildman–Crippen MR) is 77.6 cm³/mol. The van der Waals surface area contributed by atoms with Gasteiger partial charge in [0.05, 0.1) is 14.2 Å². The van der Waals surface area contributed by atoms with Gasteiger partial charge in [-0.15, -0.1) is 0 Å². The summed E-state index contributed by atoms with van der Waals surface area (Å²) >= 11 is 0. The standard InChI is InChI=1S/C16H25NO2/c1-11-5-4-6-12(9-11)16(17)14-8-7-13(18-2)10-15(14)19-3/h7-8,10-12,16H,4-6,9,17H2,1-3H3. The van der Waals surface area contributed by atoms with Gasteiger partial charge in [0.25, 0.3) is 0 Å². The Morgan fingerprint density at radius 1 is 1.21 bits per heavy atom. The van der Waals surface area contributed by atoms with Crippen LogP contribution in [0.1, 0.15) is 44.2 Å². The van der Waals surface area contributed by atoms with Crippen LogP contribution in [0, 0.1) is 11.8 Å². The average molecular weight is 263 g/mol. The molecule has 1 fully saturated rings. The van der Waals surface area contributed by atoms with Gasteiger partial charge in [-0.1, -0.05) is 25.8 Å². The van der Waals surface area contributed by atoms with E-state index in [9.17, 15) is 0 Å². The van der Waals surface area contributed by atoms with Gasteiger partial charge in [-0.2, -0.15) is 0 Å². The molecule has 3 unspecified atom stereocenters. The predicted octanol–water partition coefficient (Wildman–Crippen LogP) is 3.53. The molecule has 0 amide bonds. The van der Waals surface area contributed by atoms with E-state index in [1.54, 1.807) is 14.2 Å². The second-order valence-electron chi connectivity index (χ2n) is 5.67. The maximum Gasteiger partial charge on any atom is 0.127 e. The molecular formula is C16H25NO2. The Labute approximate surface area is 116 Å². The molecule has 3 atom stereocenters. The van der Waals surface area contributed by atoms with E-state index in [4.69, 9.17) is 15.2 Å². The first kappa shape index (κ1) is 14.2. The van der Waals surface area contributed by atoms with Crippen LogP contribution in [0.15, 0.2) is 18.2 Å². The van der Waals surface area contributed by atoms with Crippen molar-refractivity contribution in [2.75, 3.05) is 14.2 Å². The van der Waals surface area contributed by atoms with E-state index >= 15 is 0 Å². The fraction of sp³-hybridized carbons (Fsp3) is 0.625. The van der Waals surface area contributed by atoms with E-state index < -0.39 is 0 Å². The Kier molecular flexibility index (Phi) is 4.70. The Morgan fingerprint density at radius 3 is 2.63 bits per heavy atom. The minimum absolute atomic E-state index is 0.0589. The fourth-order valence-electron chi connectivity index (χ4n) is 3.15. The quantitative estimate of drug-likeness (QED) is 0.903. The molecule has 1 saturated carbocycles. The summed E-state index contributed by atoms with van der Waals surface area (Å²) < 4.78 is 10.7. The summed E-state index contributed by atoms with van der Waals surface area (Å²) in [4.78, 5) is 0. The topological polar surface area (TPSA) is 44.5 Å². The number of hydrogen-bond acceptors (Lipinski definition) is 3. The minimum Gasteiger partial charge on any atom is -0.497 e. The van der Waals surface area contributed by atoms with Crippen LogP contribution in [0.25, 0.3) is 0 Å². The van der Waals surface area contributed by atoms with Crippen LogP contribution in [0.3, 0.4) is 0 Å². The molecule has 1 aromatic carbocycles. The molecule has 0 spiro atoms. The molecule has 19 heavy (non-hydrogen) atoms. The van der Waals surface area contributed by atoms with E-state index in [-0.39, 0.29) is 6.04 Å². The lowest BCUT2D eigenvalue weighted by Crippen LogP contribution is -2.26. The molecule has 0 radical (unpaired) electrons. The molecule has 1 aliphatic rings. The third kappa shape index (κ3) is 3.21. The van der Waals surface area contributed by atoms with Crippen LogP contribution < -0.4 is 15.2 Å². The van der Waals surface area contributed by atoms with E-state index in [2.05, 4.69) is 6.92 Å². The van der Waals surface area contributed by atoms with Crippen LogP contribution in [0.5, 0.6) is 11.5 Å². The van der Waals surface area contributed by atoms with Crippen LogP contribution in [-0.4, -0.2) is 14.2 Å². The number of rotatable bonds is 4. The number of methoxy groups -OCH3 is 2. The Bertz CT molecular complexity index is 419. The van der Waals surface area contributed by atoms with Crippen LogP contribution in [0.2, 0.25) is 0 Å². The van der Waals surface area contributed by atoms with E-state index in [0.717, 1.165) is 23.0 Å². The number of benzene rings is 1. The summed E-state index contributed by atoms with van der Waals surface area (Å²) in [5.74, 6) is 3.00. The molecule has 106 valence electrons. The smallest absolute Gasteiger partial charge is 0.127 e. The highest BCUT2D eigenvalue weighted by atomic mass is 16.5. The molecule has 2 N–H and O–H groups in total. The maximum absolute atomic E-state index is 6.48. The lowest BCUT2D eigenvalue weighted by Gasteiger charge is -2.32. The zero-order chi connectivity index (χ0) is 13.8. The molecule has 3 heteroatoms. The van der Waals surface area contributed by atoms with Gasteiger partial charge < -0.3 is 15.2 Å².